The highest BCUT2D eigenvalue weighted by molar-refractivity contribution is 5.91. The number of unbranched alkanes of at least 4 members (excludes halogenated alkanes) is 1. The molecule has 1 heterocycles. The normalized spacial score (nSPS) is 11.2. The third kappa shape index (κ3) is 6.40. The van der Waals surface area contributed by atoms with Crippen LogP contribution in [0.1, 0.15) is 51.5 Å². The molecule has 1 aromatic heterocycles. The Morgan fingerprint density at radius 2 is 1.93 bits per heavy atom. The first-order valence-corrected chi connectivity index (χ1v) is 9.79. The zero-order valence-corrected chi connectivity index (χ0v) is 16.3. The molecule has 2 N–H and O–H groups in total. The van der Waals surface area contributed by atoms with E-state index in [1.807, 2.05) is 24.4 Å². The number of benzene rings is 1. The third-order valence-corrected chi connectivity index (χ3v) is 4.68. The second-order valence-electron chi connectivity index (χ2n) is 6.75. The van der Waals surface area contributed by atoms with Crippen LogP contribution in [0.3, 0.4) is 0 Å². The van der Waals surface area contributed by atoms with E-state index in [2.05, 4.69) is 23.7 Å². The maximum absolute atomic E-state index is 12.1. The standard InChI is InChI=1S/C21H30N2O4/c1-3-13-23(4-2)14-12-16-15-22-17-8-7-9-18(21(16)17)27-20(26)11-6-5-10-19(24)25/h7-9,15,22H,3-6,10-14H2,1-2H3,(H,24,25). The highest BCUT2D eigenvalue weighted by Gasteiger charge is 2.14. The summed E-state index contributed by atoms with van der Waals surface area (Å²) in [5.74, 6) is -0.582. The number of aromatic nitrogens is 1. The zero-order chi connectivity index (χ0) is 19.6. The van der Waals surface area contributed by atoms with Crippen LogP contribution in [-0.4, -0.2) is 46.6 Å². The molecule has 6 nitrogen and oxygen atoms in total. The smallest absolute Gasteiger partial charge is 0.311 e. The molecule has 0 saturated carbocycles. The van der Waals surface area contributed by atoms with E-state index in [1.54, 1.807) is 0 Å². The van der Waals surface area contributed by atoms with Crippen molar-refractivity contribution in [3.63, 3.8) is 0 Å². The van der Waals surface area contributed by atoms with Crippen molar-refractivity contribution in [2.45, 2.75) is 52.4 Å². The average Bonchev–Trinajstić information content (AvgIpc) is 3.06. The van der Waals surface area contributed by atoms with Crippen LogP contribution in [0.4, 0.5) is 0 Å². The number of aromatic amines is 1. The Balaban J connectivity index is 2.03. The summed E-state index contributed by atoms with van der Waals surface area (Å²) < 4.78 is 5.59. The number of ether oxygens (including phenoxy) is 1. The van der Waals surface area contributed by atoms with Crippen molar-refractivity contribution >= 4 is 22.8 Å². The van der Waals surface area contributed by atoms with Gasteiger partial charge in [-0.05, 0) is 56.5 Å². The van der Waals surface area contributed by atoms with Crippen LogP contribution >= 0.6 is 0 Å². The number of hydrogen-bond acceptors (Lipinski definition) is 4. The number of rotatable bonds is 12. The molecule has 0 unspecified atom stereocenters. The van der Waals surface area contributed by atoms with Gasteiger partial charge in [-0.15, -0.1) is 0 Å². The Kier molecular flexibility index (Phi) is 8.33. The van der Waals surface area contributed by atoms with Gasteiger partial charge in [0.2, 0.25) is 0 Å². The number of nitrogens with zero attached hydrogens (tertiary/aromatic N) is 1. The monoisotopic (exact) mass is 374 g/mol. The molecular weight excluding hydrogens is 344 g/mol. The number of nitrogens with one attached hydrogen (secondary N) is 1. The molecule has 0 amide bonds. The molecule has 0 radical (unpaired) electrons. The Morgan fingerprint density at radius 3 is 2.63 bits per heavy atom. The summed E-state index contributed by atoms with van der Waals surface area (Å²) in [6, 6.07) is 5.66. The molecule has 0 atom stereocenters. The van der Waals surface area contributed by atoms with Crippen molar-refractivity contribution < 1.29 is 19.4 Å². The van der Waals surface area contributed by atoms with Gasteiger partial charge in [-0.1, -0.05) is 19.9 Å². The fraction of sp³-hybridized carbons (Fsp3) is 0.524. The molecule has 0 bridgehead atoms. The number of carboxylic acid groups (broad SMARTS) is 1. The van der Waals surface area contributed by atoms with Gasteiger partial charge in [-0.25, -0.2) is 0 Å². The third-order valence-electron chi connectivity index (χ3n) is 4.68. The molecule has 0 aliphatic rings. The first-order valence-electron chi connectivity index (χ1n) is 9.79. The number of H-pyrrole nitrogens is 1. The van der Waals surface area contributed by atoms with Crippen molar-refractivity contribution in [1.29, 1.82) is 0 Å². The topological polar surface area (TPSA) is 82.6 Å². The molecule has 1 aromatic carbocycles. The maximum Gasteiger partial charge on any atom is 0.311 e. The Labute approximate surface area is 160 Å². The summed E-state index contributed by atoms with van der Waals surface area (Å²) in [6.45, 7) is 7.42. The van der Waals surface area contributed by atoms with E-state index >= 15 is 0 Å². The molecular formula is C21H30N2O4. The van der Waals surface area contributed by atoms with Crippen molar-refractivity contribution in [2.75, 3.05) is 19.6 Å². The molecule has 0 fully saturated rings. The Hall–Kier alpha value is -2.34. The van der Waals surface area contributed by atoms with Gasteiger partial charge >= 0.3 is 11.9 Å². The maximum atomic E-state index is 12.1. The highest BCUT2D eigenvalue weighted by Crippen LogP contribution is 2.29. The number of carboxylic acids is 1. The molecule has 148 valence electrons. The van der Waals surface area contributed by atoms with Gasteiger partial charge in [0.1, 0.15) is 5.75 Å². The summed E-state index contributed by atoms with van der Waals surface area (Å²) in [6.07, 6.45) is 5.32. The second-order valence-corrected chi connectivity index (χ2v) is 6.75. The predicted octanol–water partition coefficient (Wildman–Crippen LogP) is 3.99. The van der Waals surface area contributed by atoms with Crippen molar-refractivity contribution in [2.24, 2.45) is 0 Å². The molecule has 0 spiro atoms. The second kappa shape index (κ2) is 10.7. The lowest BCUT2D eigenvalue weighted by Gasteiger charge is -2.19. The predicted molar refractivity (Wildman–Crippen MR) is 106 cm³/mol. The number of carbonyl (C=O) groups is 2. The number of esters is 1. The minimum atomic E-state index is -0.839. The first-order chi connectivity index (χ1) is 13.0. The first kappa shape index (κ1) is 21.0. The number of likely N-dealkylation sites (N-methyl/N-ethyl adjacent to an activating group) is 1. The van der Waals surface area contributed by atoms with E-state index in [0.29, 0.717) is 18.6 Å². The molecule has 27 heavy (non-hydrogen) atoms. The van der Waals surface area contributed by atoms with E-state index in [0.717, 1.165) is 48.9 Å². The van der Waals surface area contributed by atoms with E-state index in [4.69, 9.17) is 9.84 Å². The molecule has 2 aromatic rings. The Bertz CT molecular complexity index is 754. The highest BCUT2D eigenvalue weighted by atomic mass is 16.5. The van der Waals surface area contributed by atoms with Crippen LogP contribution in [0, 0.1) is 0 Å². The van der Waals surface area contributed by atoms with Crippen LogP contribution < -0.4 is 4.74 Å². The van der Waals surface area contributed by atoms with Crippen molar-refractivity contribution in [3.05, 3.63) is 30.0 Å². The van der Waals surface area contributed by atoms with Crippen LogP contribution in [0.5, 0.6) is 5.75 Å². The summed E-state index contributed by atoms with van der Waals surface area (Å²) in [5, 5.41) is 9.62. The van der Waals surface area contributed by atoms with Gasteiger partial charge in [-0.2, -0.15) is 0 Å². The van der Waals surface area contributed by atoms with E-state index in [1.165, 1.54) is 0 Å². The van der Waals surface area contributed by atoms with E-state index < -0.39 is 5.97 Å². The SMILES string of the molecule is CCCN(CC)CCc1c[nH]c2cccc(OC(=O)CCCCC(=O)O)c12. The van der Waals surface area contributed by atoms with Gasteiger partial charge in [0.15, 0.2) is 0 Å². The molecule has 0 aliphatic heterocycles. The Morgan fingerprint density at radius 1 is 1.15 bits per heavy atom. The van der Waals surface area contributed by atoms with Gasteiger partial charge in [0, 0.05) is 36.5 Å². The number of hydrogen-bond donors (Lipinski definition) is 2. The molecule has 2 rings (SSSR count). The summed E-state index contributed by atoms with van der Waals surface area (Å²) in [4.78, 5) is 28.4. The number of aliphatic carboxylic acids is 1. The lowest BCUT2D eigenvalue weighted by molar-refractivity contribution is -0.138. The van der Waals surface area contributed by atoms with Crippen molar-refractivity contribution in [1.82, 2.24) is 9.88 Å². The van der Waals surface area contributed by atoms with Crippen LogP contribution in [-0.2, 0) is 16.0 Å². The fourth-order valence-corrected chi connectivity index (χ4v) is 3.24. The molecule has 6 heteroatoms. The fourth-order valence-electron chi connectivity index (χ4n) is 3.24. The van der Waals surface area contributed by atoms with E-state index in [-0.39, 0.29) is 18.8 Å². The number of fused-ring (bicyclic) bond motifs is 1. The zero-order valence-electron chi connectivity index (χ0n) is 16.3. The number of carbonyl (C=O) groups excluding carboxylic acids is 1. The van der Waals surface area contributed by atoms with Crippen molar-refractivity contribution in [3.8, 4) is 5.75 Å². The average molecular weight is 374 g/mol. The van der Waals surface area contributed by atoms with Crippen LogP contribution in [0.25, 0.3) is 10.9 Å². The quantitative estimate of drug-likeness (QED) is 0.333. The van der Waals surface area contributed by atoms with Crippen LogP contribution in [0.15, 0.2) is 24.4 Å². The minimum absolute atomic E-state index is 0.0799. The minimum Gasteiger partial charge on any atom is -0.481 e. The molecule has 0 aliphatic carbocycles. The summed E-state index contributed by atoms with van der Waals surface area (Å²) >= 11 is 0. The lowest BCUT2D eigenvalue weighted by atomic mass is 10.1. The van der Waals surface area contributed by atoms with Gasteiger partial charge < -0.3 is 19.7 Å². The summed E-state index contributed by atoms with van der Waals surface area (Å²) in [7, 11) is 0. The lowest BCUT2D eigenvalue weighted by Crippen LogP contribution is -2.26. The van der Waals surface area contributed by atoms with Crippen LogP contribution in [0.2, 0.25) is 0 Å². The van der Waals surface area contributed by atoms with Gasteiger partial charge in [-0.3, -0.25) is 9.59 Å². The largest absolute Gasteiger partial charge is 0.481 e. The molecule has 0 saturated heterocycles. The summed E-state index contributed by atoms with van der Waals surface area (Å²) in [5.41, 5.74) is 2.11. The van der Waals surface area contributed by atoms with Gasteiger partial charge in [0.05, 0.1) is 0 Å². The van der Waals surface area contributed by atoms with E-state index in [9.17, 15) is 9.59 Å². The van der Waals surface area contributed by atoms with Gasteiger partial charge in [0.25, 0.3) is 0 Å².